The summed E-state index contributed by atoms with van der Waals surface area (Å²) in [7, 11) is -3.76. The fourth-order valence-corrected chi connectivity index (χ4v) is 11.1. The van der Waals surface area contributed by atoms with Crippen LogP contribution in [0.3, 0.4) is 0 Å². The molecule has 0 radical (unpaired) electrons. The van der Waals surface area contributed by atoms with Gasteiger partial charge in [0.25, 0.3) is 0 Å². The third-order valence-electron chi connectivity index (χ3n) is 12.0. The van der Waals surface area contributed by atoms with Crippen LogP contribution in [0.25, 0.3) is 0 Å². The van der Waals surface area contributed by atoms with E-state index in [1.54, 1.807) is 52.1 Å². The third kappa shape index (κ3) is 17.2. The number of cyclic esters (lactones) is 2. The first kappa shape index (κ1) is 62.3. The molecule has 382 valence electrons. The van der Waals surface area contributed by atoms with Crippen molar-refractivity contribution in [1.82, 2.24) is 14.9 Å². The molecule has 0 aromatic heterocycles. The summed E-state index contributed by atoms with van der Waals surface area (Å²) in [6.07, 6.45) is 6.15. The Morgan fingerprint density at radius 2 is 1.20 bits per heavy atom. The molecule has 0 fully saturated rings. The van der Waals surface area contributed by atoms with Gasteiger partial charge in [-0.3, -0.25) is 13.9 Å². The van der Waals surface area contributed by atoms with E-state index in [4.69, 9.17) is 28.5 Å². The number of hydrogen-bond donors (Lipinski definition) is 5. The molecule has 0 aliphatic carbocycles. The number of hydrogen-bond acceptors (Lipinski definition) is 14. The van der Waals surface area contributed by atoms with Gasteiger partial charge in [-0.05, 0) is 123 Å². The van der Waals surface area contributed by atoms with Crippen molar-refractivity contribution < 1.29 is 97.3 Å². The number of carbonyl (C=O) groups excluding carboxylic acids is 3. The number of rotatable bonds is 22. The molecule has 2 aliphatic rings. The van der Waals surface area contributed by atoms with Crippen molar-refractivity contribution in [2.75, 3.05) is 52.6 Å². The Kier molecular flexibility index (Phi) is 24.8. The van der Waals surface area contributed by atoms with Gasteiger partial charge in [-0.2, -0.15) is 0 Å². The molecule has 3 aromatic rings. The summed E-state index contributed by atoms with van der Waals surface area (Å²) in [5.74, 6) is -0.980. The first-order valence-corrected chi connectivity index (χ1v) is 26.6. The fourth-order valence-electron chi connectivity index (χ4n) is 8.45. The van der Waals surface area contributed by atoms with Crippen LogP contribution < -0.4 is 39.2 Å². The number of nitrogens with zero attached hydrogens (tertiary/aromatic N) is 2. The summed E-state index contributed by atoms with van der Waals surface area (Å²) >= 11 is 0. The van der Waals surface area contributed by atoms with Crippen LogP contribution in [0.5, 0.6) is 17.2 Å². The smallest absolute Gasteiger partial charge is 0.870 e. The molecule has 3 aromatic carbocycles. The predicted molar refractivity (Wildman–Crippen MR) is 265 cm³/mol. The molecule has 6 N–H and O–H groups in total. The van der Waals surface area contributed by atoms with Crippen molar-refractivity contribution in [3.8, 4) is 17.2 Å². The molecule has 17 nitrogen and oxygen atoms in total. The van der Waals surface area contributed by atoms with Gasteiger partial charge in [-0.25, -0.2) is 14.7 Å². The maximum absolute atomic E-state index is 13.9. The molecule has 1 unspecified atom stereocenters. The van der Waals surface area contributed by atoms with Crippen LogP contribution in [0.2, 0.25) is 0 Å². The van der Waals surface area contributed by atoms with Crippen molar-refractivity contribution in [2.45, 2.75) is 113 Å². The average Bonchev–Trinajstić information content (AvgIpc) is 3.86. The second-order valence-corrected chi connectivity index (χ2v) is 22.0. The Bertz CT molecular complexity index is 2470. The number of esters is 3. The SMILES string of the molecule is CCc1c(C)c2c(c(O)c1C/C=C(\C)CN(C)CCP(=O)(N[C@@H](C)C(=O)OC(C)C)Oc1ccccc1)C(=O)OC2.CCc1c(C)c2c(c(O)c1C/C=C(\C)CN(C)CCP(=O)(O)O)C(=O)OC2.[Na+].[OH-]. The van der Waals surface area contributed by atoms with E-state index in [-0.39, 0.29) is 89.3 Å². The molecular formula is C50H72N3NaO14P2. The number of carbonyl (C=O) groups is 3. The Morgan fingerprint density at radius 3 is 1.60 bits per heavy atom. The van der Waals surface area contributed by atoms with Crippen LogP contribution in [-0.2, 0) is 67.0 Å². The van der Waals surface area contributed by atoms with Gasteiger partial charge < -0.3 is 54.0 Å². The van der Waals surface area contributed by atoms with E-state index < -0.39 is 39.1 Å². The van der Waals surface area contributed by atoms with E-state index >= 15 is 0 Å². The molecule has 20 heteroatoms. The number of phenols is 2. The number of likely N-dealkylation sites (N-methyl/N-ethyl adjacent to an activating group) is 2. The van der Waals surface area contributed by atoms with Crippen LogP contribution in [0, 0.1) is 13.8 Å². The van der Waals surface area contributed by atoms with Gasteiger partial charge in [0.1, 0.15) is 47.6 Å². The third-order valence-corrected chi connectivity index (χ3v) is 14.8. The van der Waals surface area contributed by atoms with E-state index in [0.29, 0.717) is 44.8 Å². The van der Waals surface area contributed by atoms with E-state index in [1.807, 2.05) is 76.6 Å². The standard InChI is InChI=1S/C31H43N2O7P.C19H28NO6P.Na.H2O/c1-8-25-22(5)27-19-38-31(36)28(27)29(34)26(25)15-14-21(4)18-33(7)16-17-41(37,40-24-12-10-9-11-13-24)32-23(6)30(35)39-20(2)3;1-5-14-13(3)16-11-26-19(22)17(16)18(21)15(14)7-6-12(2)10-20(4)8-9-27(23,24)25;;/h9-14,20,23,34H,8,15-19H2,1-7H3,(H,32,37);6,21H,5,7-11H2,1-4H3,(H2,23,24,25);;1H2/q;;+1;/p-1/b21-14+;12-6+;;/t23-,41?;;;/m0.../s1. The summed E-state index contributed by atoms with van der Waals surface area (Å²) in [5, 5.41) is 24.5. The molecule has 2 heterocycles. The van der Waals surface area contributed by atoms with Gasteiger partial charge in [0, 0.05) is 48.4 Å². The molecule has 0 saturated carbocycles. The number of phenolic OH excluding ortho intramolecular Hbond substituents is 2. The Balaban J connectivity index is 0.000000505. The molecule has 0 bridgehead atoms. The van der Waals surface area contributed by atoms with Crippen molar-refractivity contribution in [1.29, 1.82) is 0 Å². The van der Waals surface area contributed by atoms with Crippen LogP contribution in [0.4, 0.5) is 0 Å². The van der Waals surface area contributed by atoms with Crippen LogP contribution in [0.1, 0.15) is 114 Å². The van der Waals surface area contributed by atoms with Gasteiger partial charge in [0.15, 0.2) is 0 Å². The fraction of sp³-hybridized carbons (Fsp3) is 0.500. The molecular weight excluding hydrogens is 951 g/mol. The number of benzene rings is 3. The number of ether oxygens (including phenoxy) is 3. The normalized spacial score (nSPS) is 14.7. The van der Waals surface area contributed by atoms with Gasteiger partial charge in [-0.1, -0.05) is 55.3 Å². The van der Waals surface area contributed by atoms with Gasteiger partial charge in [0.2, 0.25) is 0 Å². The van der Waals surface area contributed by atoms with Crippen molar-refractivity contribution >= 4 is 33.0 Å². The number of aromatic hydroxyl groups is 2. The molecule has 70 heavy (non-hydrogen) atoms. The number of nitrogens with one attached hydrogen (secondary N) is 1. The summed E-state index contributed by atoms with van der Waals surface area (Å²) in [4.78, 5) is 58.4. The molecule has 2 atom stereocenters. The van der Waals surface area contributed by atoms with E-state index in [2.05, 4.69) is 5.09 Å². The number of para-hydroxylation sites is 1. The van der Waals surface area contributed by atoms with Crippen LogP contribution in [0.15, 0.2) is 53.6 Å². The summed E-state index contributed by atoms with van der Waals surface area (Å²) < 4.78 is 46.3. The molecule has 0 saturated heterocycles. The minimum atomic E-state index is -4.00. The topological polar surface area (TPSA) is 252 Å². The Hall–Kier alpha value is -3.83. The molecule has 0 amide bonds. The van der Waals surface area contributed by atoms with Crippen molar-refractivity contribution in [3.63, 3.8) is 0 Å². The summed E-state index contributed by atoms with van der Waals surface area (Å²) in [6, 6.07) is 8.07. The summed E-state index contributed by atoms with van der Waals surface area (Å²) in [6.45, 7) is 19.3. The first-order valence-electron chi connectivity index (χ1n) is 23.0. The quantitative estimate of drug-likeness (QED) is 0.0295. The number of fused-ring (bicyclic) bond motifs is 2. The van der Waals surface area contributed by atoms with E-state index in [0.717, 1.165) is 68.5 Å². The maximum atomic E-state index is 13.9. The van der Waals surface area contributed by atoms with E-state index in [1.165, 1.54) is 0 Å². The minimum Gasteiger partial charge on any atom is -0.870 e. The van der Waals surface area contributed by atoms with Crippen molar-refractivity contribution in [2.24, 2.45) is 0 Å². The first-order chi connectivity index (χ1) is 31.9. The summed E-state index contributed by atoms with van der Waals surface area (Å²) in [5.41, 5.74) is 9.73. The molecule has 0 spiro atoms. The Morgan fingerprint density at radius 1 is 0.771 bits per heavy atom. The minimum absolute atomic E-state index is 0. The van der Waals surface area contributed by atoms with Crippen molar-refractivity contribution in [3.05, 3.63) is 109 Å². The average molecular weight is 1020 g/mol. The zero-order valence-electron chi connectivity index (χ0n) is 42.9. The second-order valence-electron chi connectivity index (χ2n) is 17.9. The van der Waals surface area contributed by atoms with Gasteiger partial charge in [-0.15, -0.1) is 0 Å². The van der Waals surface area contributed by atoms with Gasteiger partial charge >= 0.3 is 62.6 Å². The Labute approximate surface area is 435 Å². The second kappa shape index (κ2) is 27.8. The predicted octanol–water partition coefficient (Wildman–Crippen LogP) is 4.91. The zero-order chi connectivity index (χ0) is 50.7. The van der Waals surface area contributed by atoms with Crippen LogP contribution in [-0.4, -0.2) is 118 Å². The monoisotopic (exact) mass is 1020 g/mol. The molecule has 5 rings (SSSR count). The number of allylic oxidation sites excluding steroid dienone is 2. The van der Waals surface area contributed by atoms with E-state index in [9.17, 15) is 33.7 Å². The molecule has 2 aliphatic heterocycles. The maximum Gasteiger partial charge on any atom is 1.00 e. The van der Waals surface area contributed by atoms with Gasteiger partial charge in [0.05, 0.1) is 18.4 Å². The zero-order valence-corrected chi connectivity index (χ0v) is 46.7. The largest absolute Gasteiger partial charge is 1.00 e. The van der Waals surface area contributed by atoms with Crippen LogP contribution >= 0.6 is 15.1 Å².